The number of hydrogen-bond acceptors (Lipinski definition) is 4. The Morgan fingerprint density at radius 1 is 0.958 bits per heavy atom. The molecule has 0 unspecified atom stereocenters. The molecule has 0 atom stereocenters. The van der Waals surface area contributed by atoms with Crippen molar-refractivity contribution >= 4 is 15.7 Å². The number of benzene rings is 2. The van der Waals surface area contributed by atoms with Gasteiger partial charge in [-0.05, 0) is 54.8 Å². The summed E-state index contributed by atoms with van der Waals surface area (Å²) in [6.45, 7) is 1.58. The van der Waals surface area contributed by atoms with Gasteiger partial charge in [0.25, 0.3) is 5.91 Å². The van der Waals surface area contributed by atoms with Crippen LogP contribution in [-0.2, 0) is 15.6 Å². The van der Waals surface area contributed by atoms with Gasteiger partial charge in [0.2, 0.25) is 0 Å². The van der Waals surface area contributed by atoms with Crippen LogP contribution in [0.3, 0.4) is 0 Å². The number of nitrogens with zero attached hydrogens (tertiary/aromatic N) is 1. The van der Waals surface area contributed by atoms with Crippen LogP contribution in [0.5, 0.6) is 5.75 Å². The second kappa shape index (κ2) is 6.65. The van der Waals surface area contributed by atoms with Gasteiger partial charge in [0.05, 0.1) is 10.6 Å². The highest BCUT2D eigenvalue weighted by molar-refractivity contribution is 7.90. The summed E-state index contributed by atoms with van der Waals surface area (Å²) in [5, 5.41) is 9.25. The van der Waals surface area contributed by atoms with Crippen LogP contribution in [0.25, 0.3) is 0 Å². The fourth-order valence-corrected chi connectivity index (χ4v) is 4.15. The van der Waals surface area contributed by atoms with Crippen LogP contribution >= 0.6 is 0 Å². The Morgan fingerprint density at radius 3 is 2.12 bits per heavy atom. The Labute approximate surface area is 141 Å². The van der Waals surface area contributed by atoms with Gasteiger partial charge in [-0.15, -0.1) is 0 Å². The molecular formula is C18H19NO4S. The van der Waals surface area contributed by atoms with Crippen LogP contribution in [0.1, 0.15) is 28.8 Å². The van der Waals surface area contributed by atoms with Gasteiger partial charge in [0, 0.05) is 18.7 Å². The summed E-state index contributed by atoms with van der Waals surface area (Å²) in [6, 6.07) is 12.2. The summed E-state index contributed by atoms with van der Waals surface area (Å²) in [7, 11) is -3.49. The Bertz CT molecular complexity index is 820. The molecule has 0 radical (unpaired) electrons. The molecule has 3 rings (SSSR count). The SMILES string of the molecule is O=C(c1ccc(CS(=O)(=O)c2ccc(O)cc2)cc1)N1CCCC1. The third kappa shape index (κ3) is 3.59. The number of carbonyl (C=O) groups excluding carboxylic acids is 1. The highest BCUT2D eigenvalue weighted by Gasteiger charge is 2.20. The highest BCUT2D eigenvalue weighted by atomic mass is 32.2. The lowest BCUT2D eigenvalue weighted by molar-refractivity contribution is 0.0793. The molecule has 126 valence electrons. The highest BCUT2D eigenvalue weighted by Crippen LogP contribution is 2.20. The third-order valence-electron chi connectivity index (χ3n) is 4.15. The third-order valence-corrected chi connectivity index (χ3v) is 5.85. The van der Waals surface area contributed by atoms with Gasteiger partial charge in [0.15, 0.2) is 9.84 Å². The maximum atomic E-state index is 12.4. The molecule has 1 saturated heterocycles. The minimum Gasteiger partial charge on any atom is -0.508 e. The molecular weight excluding hydrogens is 326 g/mol. The summed E-state index contributed by atoms with van der Waals surface area (Å²) >= 11 is 0. The topological polar surface area (TPSA) is 74.7 Å². The largest absolute Gasteiger partial charge is 0.508 e. The van der Waals surface area contributed by atoms with E-state index < -0.39 is 9.84 Å². The lowest BCUT2D eigenvalue weighted by Crippen LogP contribution is -2.27. The molecule has 0 aromatic heterocycles. The zero-order chi connectivity index (χ0) is 17.2. The first-order valence-corrected chi connectivity index (χ1v) is 9.51. The first-order valence-electron chi connectivity index (χ1n) is 7.86. The Hall–Kier alpha value is -2.34. The summed E-state index contributed by atoms with van der Waals surface area (Å²) in [5.74, 6) is -0.116. The van der Waals surface area contributed by atoms with Gasteiger partial charge in [-0.25, -0.2) is 8.42 Å². The molecule has 6 heteroatoms. The normalized spacial score (nSPS) is 14.8. The van der Waals surface area contributed by atoms with Crippen molar-refractivity contribution in [2.24, 2.45) is 0 Å². The number of carbonyl (C=O) groups is 1. The van der Waals surface area contributed by atoms with Crippen molar-refractivity contribution in [1.29, 1.82) is 0 Å². The molecule has 1 amide bonds. The van der Waals surface area contributed by atoms with Crippen LogP contribution in [0.15, 0.2) is 53.4 Å². The minimum absolute atomic E-state index is 0.000409. The number of phenolic OH excluding ortho intramolecular Hbond substituents is 1. The molecule has 0 saturated carbocycles. The summed E-state index contributed by atoms with van der Waals surface area (Å²) in [4.78, 5) is 14.3. The fourth-order valence-electron chi connectivity index (χ4n) is 2.80. The van der Waals surface area contributed by atoms with Crippen LogP contribution in [0, 0.1) is 0 Å². The number of hydrogen-bond donors (Lipinski definition) is 1. The molecule has 1 N–H and O–H groups in total. The number of likely N-dealkylation sites (tertiary alicyclic amines) is 1. The second-order valence-electron chi connectivity index (χ2n) is 5.95. The van der Waals surface area contributed by atoms with Crippen molar-refractivity contribution in [1.82, 2.24) is 4.90 Å². The first kappa shape index (κ1) is 16.5. The van der Waals surface area contributed by atoms with Gasteiger partial charge in [-0.1, -0.05) is 12.1 Å². The molecule has 5 nitrogen and oxygen atoms in total. The van der Waals surface area contributed by atoms with E-state index in [2.05, 4.69) is 0 Å². The second-order valence-corrected chi connectivity index (χ2v) is 7.94. The van der Waals surface area contributed by atoms with E-state index in [0.29, 0.717) is 11.1 Å². The van der Waals surface area contributed by atoms with Crippen LogP contribution in [-0.4, -0.2) is 37.4 Å². The standard InChI is InChI=1S/C18H19NO4S/c20-16-7-9-17(10-8-16)24(22,23)13-14-3-5-15(6-4-14)18(21)19-11-1-2-12-19/h3-10,20H,1-2,11-13H2. The van der Waals surface area contributed by atoms with E-state index in [1.54, 1.807) is 24.3 Å². The molecule has 24 heavy (non-hydrogen) atoms. The molecule has 0 spiro atoms. The Morgan fingerprint density at radius 2 is 1.54 bits per heavy atom. The Balaban J connectivity index is 1.73. The smallest absolute Gasteiger partial charge is 0.253 e. The predicted octanol–water partition coefficient (Wildman–Crippen LogP) is 2.60. The van der Waals surface area contributed by atoms with Crippen molar-refractivity contribution in [3.63, 3.8) is 0 Å². The van der Waals surface area contributed by atoms with Gasteiger partial charge in [-0.3, -0.25) is 4.79 Å². The van der Waals surface area contributed by atoms with E-state index in [0.717, 1.165) is 25.9 Å². The number of phenols is 1. The number of rotatable bonds is 4. The van der Waals surface area contributed by atoms with E-state index in [4.69, 9.17) is 0 Å². The molecule has 1 heterocycles. The van der Waals surface area contributed by atoms with Crippen molar-refractivity contribution in [2.45, 2.75) is 23.5 Å². The zero-order valence-corrected chi connectivity index (χ0v) is 14.0. The van der Waals surface area contributed by atoms with E-state index in [1.807, 2.05) is 4.90 Å². The lowest BCUT2D eigenvalue weighted by Gasteiger charge is -2.15. The molecule has 0 aliphatic carbocycles. The van der Waals surface area contributed by atoms with E-state index in [9.17, 15) is 18.3 Å². The molecule has 1 aliphatic heterocycles. The maximum Gasteiger partial charge on any atom is 0.253 e. The van der Waals surface area contributed by atoms with Crippen molar-refractivity contribution < 1.29 is 18.3 Å². The van der Waals surface area contributed by atoms with Gasteiger partial charge >= 0.3 is 0 Å². The fraction of sp³-hybridized carbons (Fsp3) is 0.278. The van der Waals surface area contributed by atoms with Crippen LogP contribution in [0.4, 0.5) is 0 Å². The number of amides is 1. The van der Waals surface area contributed by atoms with Crippen molar-refractivity contribution in [3.05, 3.63) is 59.7 Å². The average molecular weight is 345 g/mol. The first-order chi connectivity index (χ1) is 11.5. The van der Waals surface area contributed by atoms with Crippen molar-refractivity contribution in [2.75, 3.05) is 13.1 Å². The molecule has 2 aromatic carbocycles. The van der Waals surface area contributed by atoms with Gasteiger partial charge in [-0.2, -0.15) is 0 Å². The van der Waals surface area contributed by atoms with Crippen molar-refractivity contribution in [3.8, 4) is 5.75 Å². The summed E-state index contributed by atoms with van der Waals surface area (Å²) in [5.41, 5.74) is 1.21. The number of aromatic hydroxyl groups is 1. The van der Waals surface area contributed by atoms with Gasteiger partial charge < -0.3 is 10.0 Å². The quantitative estimate of drug-likeness (QED) is 0.924. The molecule has 1 fully saturated rings. The molecule has 2 aromatic rings. The van der Waals surface area contributed by atoms with Crippen LogP contribution in [0.2, 0.25) is 0 Å². The monoisotopic (exact) mass is 345 g/mol. The van der Waals surface area contributed by atoms with Crippen LogP contribution < -0.4 is 0 Å². The minimum atomic E-state index is -3.49. The molecule has 1 aliphatic rings. The number of sulfone groups is 1. The van der Waals surface area contributed by atoms with E-state index in [1.165, 1.54) is 24.3 Å². The maximum absolute atomic E-state index is 12.4. The summed E-state index contributed by atoms with van der Waals surface area (Å²) in [6.07, 6.45) is 2.07. The average Bonchev–Trinajstić information content (AvgIpc) is 3.09. The Kier molecular flexibility index (Phi) is 4.57. The lowest BCUT2D eigenvalue weighted by atomic mass is 10.1. The van der Waals surface area contributed by atoms with Gasteiger partial charge in [0.1, 0.15) is 5.75 Å². The summed E-state index contributed by atoms with van der Waals surface area (Å²) < 4.78 is 24.8. The predicted molar refractivity (Wildman–Crippen MR) is 90.6 cm³/mol. The molecule has 0 bridgehead atoms. The van der Waals surface area contributed by atoms with E-state index in [-0.39, 0.29) is 22.3 Å². The zero-order valence-electron chi connectivity index (χ0n) is 13.2. The van der Waals surface area contributed by atoms with E-state index >= 15 is 0 Å².